The smallest absolute Gasteiger partial charge is 0.199 e. The third-order valence-corrected chi connectivity index (χ3v) is 3.34. The normalized spacial score (nSPS) is 11.3. The second-order valence-corrected chi connectivity index (χ2v) is 4.66. The summed E-state index contributed by atoms with van der Waals surface area (Å²) < 4.78 is 7.38. The molecule has 2 aromatic heterocycles. The highest BCUT2D eigenvalue weighted by atomic mass is 35.5. The van der Waals surface area contributed by atoms with Crippen LogP contribution in [0.4, 0.5) is 0 Å². The molecule has 5 nitrogen and oxygen atoms in total. The van der Waals surface area contributed by atoms with Gasteiger partial charge in [0.15, 0.2) is 5.22 Å². The van der Waals surface area contributed by atoms with E-state index in [4.69, 9.17) is 16.0 Å². The summed E-state index contributed by atoms with van der Waals surface area (Å²) in [5.74, 6) is 0.879. The summed E-state index contributed by atoms with van der Waals surface area (Å²) in [6.07, 6.45) is 1.68. The molecule has 0 bridgehead atoms. The molecular weight excluding hydrogens is 264 g/mol. The van der Waals surface area contributed by atoms with Crippen LogP contribution in [-0.2, 0) is 20.1 Å². The number of furan rings is 1. The lowest BCUT2D eigenvalue weighted by Crippen LogP contribution is -2.15. The van der Waals surface area contributed by atoms with Gasteiger partial charge < -0.3 is 14.3 Å². The molecule has 0 aliphatic rings. The number of para-hydroxylation sites is 1. The number of rotatable bonds is 4. The van der Waals surface area contributed by atoms with E-state index in [0.29, 0.717) is 18.3 Å². The number of aryl methyl sites for hydroxylation is 1. The maximum atomic E-state index is 6.12. The van der Waals surface area contributed by atoms with Gasteiger partial charge in [-0.05, 0) is 17.7 Å². The van der Waals surface area contributed by atoms with Gasteiger partial charge in [0.05, 0.1) is 6.54 Å². The van der Waals surface area contributed by atoms with Gasteiger partial charge >= 0.3 is 0 Å². The Morgan fingerprint density at radius 2 is 2.16 bits per heavy atom. The van der Waals surface area contributed by atoms with Gasteiger partial charge in [-0.3, -0.25) is 0 Å². The van der Waals surface area contributed by atoms with Crippen LogP contribution in [0.2, 0.25) is 5.22 Å². The number of nitrogens with zero attached hydrogens (tertiary/aromatic N) is 3. The lowest BCUT2D eigenvalue weighted by Gasteiger charge is -2.03. The molecule has 0 unspecified atom stereocenters. The minimum Gasteiger partial charge on any atom is -0.444 e. The fourth-order valence-electron chi connectivity index (χ4n) is 2.00. The summed E-state index contributed by atoms with van der Waals surface area (Å²) in [5.41, 5.74) is 1.78. The molecule has 1 N–H and O–H groups in total. The van der Waals surface area contributed by atoms with E-state index < -0.39 is 0 Å². The molecule has 3 rings (SSSR count). The van der Waals surface area contributed by atoms with Crippen molar-refractivity contribution in [3.05, 3.63) is 47.2 Å². The molecule has 0 amide bonds. The van der Waals surface area contributed by atoms with Gasteiger partial charge in [0.25, 0.3) is 0 Å². The number of fused-ring (bicyclic) bond motifs is 1. The van der Waals surface area contributed by atoms with Gasteiger partial charge in [0.2, 0.25) is 0 Å². The summed E-state index contributed by atoms with van der Waals surface area (Å²) >= 11 is 6.12. The van der Waals surface area contributed by atoms with Gasteiger partial charge in [-0.1, -0.05) is 18.2 Å². The van der Waals surface area contributed by atoms with Crippen molar-refractivity contribution in [1.82, 2.24) is 20.1 Å². The average Bonchev–Trinajstić information content (AvgIpc) is 2.94. The predicted molar refractivity (Wildman–Crippen MR) is 72.8 cm³/mol. The molecule has 19 heavy (non-hydrogen) atoms. The first kappa shape index (κ1) is 12.2. The van der Waals surface area contributed by atoms with Crippen LogP contribution in [0.5, 0.6) is 0 Å². The molecule has 0 fully saturated rings. The lowest BCUT2D eigenvalue weighted by molar-refractivity contribution is 0.597. The van der Waals surface area contributed by atoms with Crippen molar-refractivity contribution in [2.24, 2.45) is 7.05 Å². The van der Waals surface area contributed by atoms with E-state index in [1.165, 1.54) is 0 Å². The van der Waals surface area contributed by atoms with E-state index in [1.807, 2.05) is 35.9 Å². The van der Waals surface area contributed by atoms with Crippen LogP contribution in [-0.4, -0.2) is 14.8 Å². The first-order valence-corrected chi connectivity index (χ1v) is 6.33. The Hall–Kier alpha value is -1.85. The van der Waals surface area contributed by atoms with E-state index in [2.05, 4.69) is 15.5 Å². The standard InChI is InChI=1S/C13H13ClN4O/c1-18-8-16-17-12(18)7-15-6-10-9-4-2-3-5-11(9)19-13(10)14/h2-5,8,15H,6-7H2,1H3. The fraction of sp³-hybridized carbons (Fsp3) is 0.231. The van der Waals surface area contributed by atoms with Gasteiger partial charge in [0.1, 0.15) is 17.7 Å². The topological polar surface area (TPSA) is 55.9 Å². The first-order valence-electron chi connectivity index (χ1n) is 5.95. The summed E-state index contributed by atoms with van der Waals surface area (Å²) in [6, 6.07) is 7.82. The quantitative estimate of drug-likeness (QED) is 0.795. The number of hydrogen-bond donors (Lipinski definition) is 1. The summed E-state index contributed by atoms with van der Waals surface area (Å²) in [5, 5.41) is 12.6. The van der Waals surface area contributed by atoms with Crippen molar-refractivity contribution < 1.29 is 4.42 Å². The van der Waals surface area contributed by atoms with Gasteiger partial charge in [-0.15, -0.1) is 10.2 Å². The third kappa shape index (κ3) is 2.34. The largest absolute Gasteiger partial charge is 0.444 e. The van der Waals surface area contributed by atoms with Crippen molar-refractivity contribution in [3.63, 3.8) is 0 Å². The molecule has 6 heteroatoms. The second-order valence-electron chi connectivity index (χ2n) is 4.31. The van der Waals surface area contributed by atoms with Crippen molar-refractivity contribution in [3.8, 4) is 0 Å². The third-order valence-electron chi connectivity index (χ3n) is 3.04. The monoisotopic (exact) mass is 276 g/mol. The number of aromatic nitrogens is 3. The minimum atomic E-state index is 0.437. The Bertz CT molecular complexity index is 704. The van der Waals surface area contributed by atoms with Crippen LogP contribution >= 0.6 is 11.6 Å². The van der Waals surface area contributed by atoms with E-state index in [-0.39, 0.29) is 0 Å². The maximum absolute atomic E-state index is 6.12. The summed E-state index contributed by atoms with van der Waals surface area (Å²) in [4.78, 5) is 0. The molecular formula is C13H13ClN4O. The minimum absolute atomic E-state index is 0.437. The molecule has 2 heterocycles. The summed E-state index contributed by atoms with van der Waals surface area (Å²) in [6.45, 7) is 1.26. The highest BCUT2D eigenvalue weighted by Crippen LogP contribution is 2.29. The predicted octanol–water partition coefficient (Wildman–Crippen LogP) is 2.50. The average molecular weight is 277 g/mol. The Balaban J connectivity index is 1.75. The zero-order valence-electron chi connectivity index (χ0n) is 10.4. The van der Waals surface area contributed by atoms with Crippen LogP contribution in [0.25, 0.3) is 11.0 Å². The number of hydrogen-bond acceptors (Lipinski definition) is 4. The van der Waals surface area contributed by atoms with Crippen LogP contribution < -0.4 is 5.32 Å². The van der Waals surface area contributed by atoms with Crippen LogP contribution in [0.15, 0.2) is 35.0 Å². The Kier molecular flexibility index (Phi) is 3.23. The van der Waals surface area contributed by atoms with Gasteiger partial charge in [0, 0.05) is 24.5 Å². The van der Waals surface area contributed by atoms with Gasteiger partial charge in [-0.2, -0.15) is 0 Å². The molecule has 0 aliphatic carbocycles. The first-order chi connectivity index (χ1) is 9.25. The molecule has 0 saturated carbocycles. The van der Waals surface area contributed by atoms with Crippen molar-refractivity contribution in [2.75, 3.05) is 0 Å². The maximum Gasteiger partial charge on any atom is 0.199 e. The van der Waals surface area contributed by atoms with E-state index in [1.54, 1.807) is 6.33 Å². The Morgan fingerprint density at radius 1 is 1.32 bits per heavy atom. The molecule has 0 atom stereocenters. The zero-order chi connectivity index (χ0) is 13.2. The van der Waals surface area contributed by atoms with Gasteiger partial charge in [-0.25, -0.2) is 0 Å². The number of nitrogens with one attached hydrogen (secondary N) is 1. The molecule has 0 saturated heterocycles. The highest BCUT2D eigenvalue weighted by molar-refractivity contribution is 6.30. The van der Waals surface area contributed by atoms with Crippen molar-refractivity contribution in [2.45, 2.75) is 13.1 Å². The molecule has 98 valence electrons. The van der Waals surface area contributed by atoms with E-state index in [0.717, 1.165) is 22.4 Å². The fourth-order valence-corrected chi connectivity index (χ4v) is 2.25. The molecule has 0 radical (unpaired) electrons. The molecule has 0 aliphatic heterocycles. The van der Waals surface area contributed by atoms with Crippen LogP contribution in [0.1, 0.15) is 11.4 Å². The Morgan fingerprint density at radius 3 is 2.95 bits per heavy atom. The Labute approximate surface area is 115 Å². The lowest BCUT2D eigenvalue weighted by atomic mass is 10.2. The number of benzene rings is 1. The molecule has 1 aromatic carbocycles. The van der Waals surface area contributed by atoms with E-state index >= 15 is 0 Å². The highest BCUT2D eigenvalue weighted by Gasteiger charge is 2.11. The van der Waals surface area contributed by atoms with Crippen molar-refractivity contribution >= 4 is 22.6 Å². The second kappa shape index (κ2) is 5.03. The molecule has 3 aromatic rings. The summed E-state index contributed by atoms with van der Waals surface area (Å²) in [7, 11) is 1.91. The number of halogens is 1. The SMILES string of the molecule is Cn1cnnc1CNCc1c(Cl)oc2ccccc12. The van der Waals surface area contributed by atoms with Crippen LogP contribution in [0.3, 0.4) is 0 Å². The van der Waals surface area contributed by atoms with Crippen molar-refractivity contribution in [1.29, 1.82) is 0 Å². The molecule has 0 spiro atoms. The van der Waals surface area contributed by atoms with E-state index in [9.17, 15) is 0 Å². The zero-order valence-corrected chi connectivity index (χ0v) is 11.2. The van der Waals surface area contributed by atoms with Crippen LogP contribution in [0, 0.1) is 0 Å².